The molecule has 1 aromatic carbocycles. The van der Waals surface area contributed by atoms with Gasteiger partial charge in [-0.2, -0.15) is 0 Å². The number of carbonyl (C=O) groups excluding carboxylic acids is 1. The minimum atomic E-state index is -0.892. The van der Waals surface area contributed by atoms with Crippen LogP contribution in [0.3, 0.4) is 0 Å². The average molecular weight is 251 g/mol. The average Bonchev–Trinajstić information content (AvgIpc) is 2.37. The number of nitrogens with zero attached hydrogens (tertiary/aromatic N) is 1. The molecular weight excluding hydrogens is 240 g/mol. The number of ether oxygens (including phenoxy) is 1. The molecule has 0 N–H and O–H groups in total. The van der Waals surface area contributed by atoms with Crippen LogP contribution in [-0.2, 0) is 4.74 Å². The molecule has 0 bridgehead atoms. The standard InChI is InChI=1S/C13H11F2NO2/c14-10-1-2-11(12(15)9-10)13(17)3-4-16-5-7-18-8-6-16/h1-2,9H,5-8H2. The van der Waals surface area contributed by atoms with Crippen molar-refractivity contribution in [3.63, 3.8) is 0 Å². The van der Waals surface area contributed by atoms with Gasteiger partial charge >= 0.3 is 0 Å². The Hall–Kier alpha value is -1.93. The topological polar surface area (TPSA) is 29.5 Å². The van der Waals surface area contributed by atoms with Crippen molar-refractivity contribution in [1.29, 1.82) is 0 Å². The van der Waals surface area contributed by atoms with E-state index >= 15 is 0 Å². The van der Waals surface area contributed by atoms with E-state index in [9.17, 15) is 13.6 Å². The van der Waals surface area contributed by atoms with Crippen molar-refractivity contribution in [3.05, 3.63) is 35.4 Å². The number of Topliss-reactive ketones (excluding diaryl/α,β-unsaturated/α-hetero) is 1. The highest BCUT2D eigenvalue weighted by atomic mass is 19.1. The van der Waals surface area contributed by atoms with Gasteiger partial charge in [-0.3, -0.25) is 4.79 Å². The number of hydrogen-bond donors (Lipinski definition) is 0. The highest BCUT2D eigenvalue weighted by Crippen LogP contribution is 2.09. The van der Waals surface area contributed by atoms with Crippen LogP contribution in [0.2, 0.25) is 0 Å². The fourth-order valence-electron chi connectivity index (χ4n) is 1.55. The maximum Gasteiger partial charge on any atom is 0.240 e. The van der Waals surface area contributed by atoms with Crippen LogP contribution in [0.25, 0.3) is 0 Å². The molecule has 0 spiro atoms. The Kier molecular flexibility index (Phi) is 3.90. The van der Waals surface area contributed by atoms with Crippen molar-refractivity contribution in [2.45, 2.75) is 0 Å². The zero-order valence-corrected chi connectivity index (χ0v) is 9.58. The Labute approximate surface area is 103 Å². The zero-order valence-electron chi connectivity index (χ0n) is 9.58. The highest BCUT2D eigenvalue weighted by Gasteiger charge is 2.11. The summed E-state index contributed by atoms with van der Waals surface area (Å²) in [5.74, 6) is 0.0845. The van der Waals surface area contributed by atoms with E-state index in [4.69, 9.17) is 4.74 Å². The number of carbonyl (C=O) groups is 1. The first kappa shape index (κ1) is 12.5. The number of ketones is 1. The molecule has 0 unspecified atom stereocenters. The van der Waals surface area contributed by atoms with Gasteiger partial charge in [0, 0.05) is 31.1 Å². The second-order valence-electron chi connectivity index (χ2n) is 3.79. The largest absolute Gasteiger partial charge is 0.378 e. The molecule has 0 radical (unpaired) electrons. The molecule has 0 amide bonds. The van der Waals surface area contributed by atoms with E-state index in [-0.39, 0.29) is 5.56 Å². The monoisotopic (exact) mass is 251 g/mol. The van der Waals surface area contributed by atoms with Crippen molar-refractivity contribution in [2.75, 3.05) is 26.3 Å². The fraction of sp³-hybridized carbons (Fsp3) is 0.308. The predicted octanol–water partition coefficient (Wildman–Crippen LogP) is 1.44. The Balaban J connectivity index is 2.09. The molecule has 0 aliphatic carbocycles. The van der Waals surface area contributed by atoms with Gasteiger partial charge in [0.15, 0.2) is 0 Å². The lowest BCUT2D eigenvalue weighted by Gasteiger charge is -2.22. The summed E-state index contributed by atoms with van der Waals surface area (Å²) >= 11 is 0. The third-order valence-electron chi connectivity index (χ3n) is 2.51. The summed E-state index contributed by atoms with van der Waals surface area (Å²) in [6, 6.07) is 5.46. The summed E-state index contributed by atoms with van der Waals surface area (Å²) in [6.07, 6.45) is 0. The molecule has 1 saturated heterocycles. The molecule has 1 aliphatic rings. The van der Waals surface area contributed by atoms with E-state index in [1.807, 2.05) is 0 Å². The van der Waals surface area contributed by atoms with Crippen LogP contribution in [0.1, 0.15) is 10.4 Å². The molecule has 0 aromatic heterocycles. The summed E-state index contributed by atoms with van der Waals surface area (Å²) in [4.78, 5) is 13.4. The van der Waals surface area contributed by atoms with Gasteiger partial charge in [0.05, 0.1) is 18.8 Å². The summed E-state index contributed by atoms with van der Waals surface area (Å²) < 4.78 is 31.1. The molecule has 18 heavy (non-hydrogen) atoms. The second kappa shape index (κ2) is 5.61. The fourth-order valence-corrected chi connectivity index (χ4v) is 1.55. The van der Waals surface area contributed by atoms with Gasteiger partial charge in [-0.15, -0.1) is 0 Å². The summed E-state index contributed by atoms with van der Waals surface area (Å²) in [7, 11) is 0. The molecule has 94 valence electrons. The van der Waals surface area contributed by atoms with Crippen LogP contribution in [0.15, 0.2) is 18.2 Å². The lowest BCUT2D eigenvalue weighted by Crippen LogP contribution is -2.32. The maximum absolute atomic E-state index is 13.3. The van der Waals surface area contributed by atoms with Crippen molar-refractivity contribution < 1.29 is 18.3 Å². The lowest BCUT2D eigenvalue weighted by molar-refractivity contribution is 0.0637. The normalized spacial score (nSPS) is 14.9. The molecule has 0 atom stereocenters. The number of hydrogen-bond acceptors (Lipinski definition) is 3. The Morgan fingerprint density at radius 3 is 2.67 bits per heavy atom. The van der Waals surface area contributed by atoms with Crippen molar-refractivity contribution in [3.8, 4) is 12.0 Å². The van der Waals surface area contributed by atoms with Gasteiger partial charge in [-0.05, 0) is 12.1 Å². The molecule has 1 heterocycles. The number of morpholine rings is 1. The Morgan fingerprint density at radius 1 is 1.28 bits per heavy atom. The van der Waals surface area contributed by atoms with E-state index in [2.05, 4.69) is 12.0 Å². The minimum absolute atomic E-state index is 0.211. The Morgan fingerprint density at radius 2 is 2.00 bits per heavy atom. The molecule has 1 fully saturated rings. The van der Waals surface area contributed by atoms with E-state index in [1.165, 1.54) is 0 Å². The number of halogens is 2. The first-order chi connectivity index (χ1) is 8.66. The van der Waals surface area contributed by atoms with Crippen LogP contribution in [-0.4, -0.2) is 37.0 Å². The van der Waals surface area contributed by atoms with Gasteiger partial charge < -0.3 is 9.64 Å². The van der Waals surface area contributed by atoms with Gasteiger partial charge in [-0.25, -0.2) is 8.78 Å². The van der Waals surface area contributed by atoms with E-state index in [0.717, 1.165) is 12.1 Å². The Bertz CT molecular complexity index is 513. The first-order valence-electron chi connectivity index (χ1n) is 5.50. The van der Waals surface area contributed by atoms with Crippen LogP contribution in [0, 0.1) is 23.6 Å². The first-order valence-corrected chi connectivity index (χ1v) is 5.50. The van der Waals surface area contributed by atoms with Gasteiger partial charge in [0.1, 0.15) is 11.6 Å². The number of benzene rings is 1. The smallest absolute Gasteiger partial charge is 0.240 e. The summed E-state index contributed by atoms with van der Waals surface area (Å²) in [5.41, 5.74) is -0.211. The van der Waals surface area contributed by atoms with Crippen LogP contribution in [0.4, 0.5) is 8.78 Å². The molecule has 0 saturated carbocycles. The molecule has 3 nitrogen and oxygen atoms in total. The molecule has 1 aromatic rings. The molecule has 2 rings (SSSR count). The third-order valence-corrected chi connectivity index (χ3v) is 2.51. The van der Waals surface area contributed by atoms with E-state index in [1.54, 1.807) is 4.90 Å². The SMILES string of the molecule is O=C(C#CN1CCOCC1)c1ccc(F)cc1F. The molecular formula is C13H11F2NO2. The lowest BCUT2D eigenvalue weighted by atomic mass is 10.1. The van der Waals surface area contributed by atoms with Gasteiger partial charge in [0.2, 0.25) is 5.78 Å². The quantitative estimate of drug-likeness (QED) is 0.558. The molecule has 1 aliphatic heterocycles. The second-order valence-corrected chi connectivity index (χ2v) is 3.79. The minimum Gasteiger partial charge on any atom is -0.378 e. The van der Waals surface area contributed by atoms with Crippen molar-refractivity contribution in [2.24, 2.45) is 0 Å². The van der Waals surface area contributed by atoms with E-state index < -0.39 is 17.4 Å². The van der Waals surface area contributed by atoms with E-state index in [0.29, 0.717) is 32.4 Å². The highest BCUT2D eigenvalue weighted by molar-refractivity contribution is 6.09. The summed E-state index contributed by atoms with van der Waals surface area (Å²) in [6.45, 7) is 2.36. The number of rotatable bonds is 1. The van der Waals surface area contributed by atoms with Gasteiger partial charge in [0.25, 0.3) is 0 Å². The molecule has 5 heteroatoms. The zero-order chi connectivity index (χ0) is 13.0. The van der Waals surface area contributed by atoms with Crippen LogP contribution < -0.4 is 0 Å². The van der Waals surface area contributed by atoms with Gasteiger partial charge in [-0.1, -0.05) is 0 Å². The predicted molar refractivity (Wildman–Crippen MR) is 60.9 cm³/mol. The van der Waals surface area contributed by atoms with Crippen LogP contribution in [0.5, 0.6) is 0 Å². The summed E-state index contributed by atoms with van der Waals surface area (Å²) in [5, 5.41) is 0. The van der Waals surface area contributed by atoms with Crippen molar-refractivity contribution >= 4 is 5.78 Å². The van der Waals surface area contributed by atoms with Crippen LogP contribution >= 0.6 is 0 Å². The third kappa shape index (κ3) is 3.05. The van der Waals surface area contributed by atoms with Crippen molar-refractivity contribution in [1.82, 2.24) is 4.90 Å². The maximum atomic E-state index is 13.3.